The third kappa shape index (κ3) is 3.24. The number of hydrogen-bond acceptors (Lipinski definition) is 3. The van der Waals surface area contributed by atoms with Crippen LogP contribution in [0.2, 0.25) is 0 Å². The van der Waals surface area contributed by atoms with E-state index in [9.17, 15) is 9.90 Å². The van der Waals surface area contributed by atoms with Crippen LogP contribution in [0.1, 0.15) is 37.7 Å². The Labute approximate surface area is 123 Å². The average molecular weight is 287 g/mol. The maximum Gasteiger partial charge on any atom is 0.224 e. The van der Waals surface area contributed by atoms with Gasteiger partial charge in [-0.1, -0.05) is 19.3 Å². The summed E-state index contributed by atoms with van der Waals surface area (Å²) in [5.41, 5.74) is 1.02. The summed E-state index contributed by atoms with van der Waals surface area (Å²) in [5.74, 6) is -0.0567. The van der Waals surface area contributed by atoms with Crippen LogP contribution in [0.3, 0.4) is 0 Å². The van der Waals surface area contributed by atoms with Crippen LogP contribution >= 0.6 is 0 Å². The Bertz CT molecular complexity index is 629. The number of hydrogen-bond donors (Lipinski definition) is 3. The number of nitrogens with zero attached hydrogens (tertiary/aromatic N) is 1. The van der Waals surface area contributed by atoms with E-state index in [-0.39, 0.29) is 5.91 Å². The molecule has 0 aromatic carbocycles. The highest BCUT2D eigenvalue weighted by Gasteiger charge is 2.29. The van der Waals surface area contributed by atoms with Crippen molar-refractivity contribution in [2.75, 3.05) is 6.54 Å². The number of carbonyl (C=O) groups excluding carboxylic acids is 1. The predicted octanol–water partition coefficient (Wildman–Crippen LogP) is 1.92. The average Bonchev–Trinajstić information content (AvgIpc) is 2.90. The van der Waals surface area contributed by atoms with Gasteiger partial charge in [-0.2, -0.15) is 0 Å². The highest BCUT2D eigenvalue weighted by molar-refractivity contribution is 5.87. The number of nitrogens with one attached hydrogen (secondary N) is 2. The summed E-state index contributed by atoms with van der Waals surface area (Å²) < 4.78 is 0. The molecule has 5 nitrogen and oxygen atoms in total. The second kappa shape index (κ2) is 5.85. The maximum absolute atomic E-state index is 12.1. The Balaban J connectivity index is 1.59. The fourth-order valence-corrected chi connectivity index (χ4v) is 3.04. The first-order valence-electron chi connectivity index (χ1n) is 7.56. The summed E-state index contributed by atoms with van der Waals surface area (Å²) in [6.07, 6.45) is 8.68. The molecule has 0 saturated heterocycles. The van der Waals surface area contributed by atoms with E-state index in [2.05, 4.69) is 15.3 Å². The van der Waals surface area contributed by atoms with E-state index in [1.807, 2.05) is 18.3 Å². The van der Waals surface area contributed by atoms with Crippen LogP contribution in [-0.4, -0.2) is 33.1 Å². The Morgan fingerprint density at radius 2 is 2.19 bits per heavy atom. The van der Waals surface area contributed by atoms with Gasteiger partial charge in [0.25, 0.3) is 0 Å². The molecule has 0 spiro atoms. The van der Waals surface area contributed by atoms with Crippen LogP contribution in [0.4, 0.5) is 0 Å². The van der Waals surface area contributed by atoms with Crippen molar-refractivity contribution in [3.8, 4) is 0 Å². The molecule has 0 atom stereocenters. The van der Waals surface area contributed by atoms with Gasteiger partial charge in [0.15, 0.2) is 0 Å². The molecule has 1 aliphatic rings. The van der Waals surface area contributed by atoms with Crippen molar-refractivity contribution in [3.05, 3.63) is 30.1 Å². The second-order valence-corrected chi connectivity index (χ2v) is 5.95. The van der Waals surface area contributed by atoms with Gasteiger partial charge in [-0.05, 0) is 30.5 Å². The molecular formula is C16H21N3O2. The van der Waals surface area contributed by atoms with Crippen molar-refractivity contribution in [2.45, 2.75) is 44.1 Å². The molecular weight excluding hydrogens is 266 g/mol. The Hall–Kier alpha value is -1.88. The van der Waals surface area contributed by atoms with Gasteiger partial charge in [-0.25, -0.2) is 4.98 Å². The zero-order valence-corrected chi connectivity index (χ0v) is 12.1. The molecule has 2 aromatic heterocycles. The Morgan fingerprint density at radius 3 is 3.00 bits per heavy atom. The van der Waals surface area contributed by atoms with Crippen molar-refractivity contribution < 1.29 is 9.90 Å². The Morgan fingerprint density at radius 1 is 1.38 bits per heavy atom. The maximum atomic E-state index is 12.1. The largest absolute Gasteiger partial charge is 0.388 e. The van der Waals surface area contributed by atoms with Crippen LogP contribution in [0.15, 0.2) is 24.5 Å². The minimum atomic E-state index is -0.713. The molecule has 0 unspecified atom stereocenters. The SMILES string of the molecule is O=C(Cc1c[nH]c2ncccc12)NCC1(O)CCCCC1. The van der Waals surface area contributed by atoms with Crippen LogP contribution in [-0.2, 0) is 11.2 Å². The molecule has 21 heavy (non-hydrogen) atoms. The molecule has 1 aliphatic carbocycles. The van der Waals surface area contributed by atoms with Gasteiger partial charge in [0, 0.05) is 24.3 Å². The van der Waals surface area contributed by atoms with Gasteiger partial charge in [-0.15, -0.1) is 0 Å². The fraction of sp³-hybridized carbons (Fsp3) is 0.500. The van der Waals surface area contributed by atoms with E-state index in [0.717, 1.165) is 42.3 Å². The first kappa shape index (κ1) is 14.1. The lowest BCUT2D eigenvalue weighted by Crippen LogP contribution is -2.44. The van der Waals surface area contributed by atoms with Crippen molar-refractivity contribution in [1.82, 2.24) is 15.3 Å². The van der Waals surface area contributed by atoms with Crippen molar-refractivity contribution in [3.63, 3.8) is 0 Å². The van der Waals surface area contributed by atoms with Gasteiger partial charge < -0.3 is 15.4 Å². The number of aromatic amines is 1. The monoisotopic (exact) mass is 287 g/mol. The third-order valence-corrected chi connectivity index (χ3v) is 4.29. The summed E-state index contributed by atoms with van der Waals surface area (Å²) >= 11 is 0. The summed E-state index contributed by atoms with van der Waals surface area (Å²) in [6, 6.07) is 3.82. The van der Waals surface area contributed by atoms with E-state index in [4.69, 9.17) is 0 Å². The topological polar surface area (TPSA) is 78.0 Å². The van der Waals surface area contributed by atoms with Gasteiger partial charge in [0.05, 0.1) is 12.0 Å². The molecule has 3 rings (SSSR count). The normalized spacial score (nSPS) is 17.8. The zero-order chi connectivity index (χ0) is 14.7. The molecule has 1 amide bonds. The highest BCUT2D eigenvalue weighted by Crippen LogP contribution is 2.27. The van der Waals surface area contributed by atoms with Crippen molar-refractivity contribution in [1.29, 1.82) is 0 Å². The molecule has 0 aliphatic heterocycles. The summed E-state index contributed by atoms with van der Waals surface area (Å²) in [7, 11) is 0. The number of H-pyrrole nitrogens is 1. The van der Waals surface area contributed by atoms with E-state index in [0.29, 0.717) is 13.0 Å². The molecule has 3 N–H and O–H groups in total. The predicted molar refractivity (Wildman–Crippen MR) is 80.8 cm³/mol. The lowest BCUT2D eigenvalue weighted by atomic mass is 9.85. The Kier molecular flexibility index (Phi) is 3.92. The van der Waals surface area contributed by atoms with E-state index >= 15 is 0 Å². The first-order valence-corrected chi connectivity index (χ1v) is 7.56. The molecule has 2 heterocycles. The third-order valence-electron chi connectivity index (χ3n) is 4.29. The standard InChI is InChI=1S/C16H21N3O2/c20-14(19-11-16(21)6-2-1-3-7-16)9-12-10-18-15-13(12)5-4-8-17-15/h4-5,8,10,21H,1-3,6-7,9,11H2,(H,17,18)(H,19,20). The summed E-state index contributed by atoms with van der Waals surface area (Å²) in [6.45, 7) is 0.354. The van der Waals surface area contributed by atoms with Crippen molar-refractivity contribution in [2.24, 2.45) is 0 Å². The van der Waals surface area contributed by atoms with Crippen LogP contribution in [0.5, 0.6) is 0 Å². The summed E-state index contributed by atoms with van der Waals surface area (Å²) in [5, 5.41) is 14.2. The fourth-order valence-electron chi connectivity index (χ4n) is 3.04. The van der Waals surface area contributed by atoms with Gasteiger partial charge in [0.2, 0.25) is 5.91 Å². The molecule has 0 radical (unpaired) electrons. The number of carbonyl (C=O) groups is 1. The van der Waals surface area contributed by atoms with Crippen LogP contribution in [0.25, 0.3) is 11.0 Å². The number of amides is 1. The lowest BCUT2D eigenvalue weighted by Gasteiger charge is -2.32. The quantitative estimate of drug-likeness (QED) is 0.804. The number of aliphatic hydroxyl groups is 1. The number of fused-ring (bicyclic) bond motifs is 1. The lowest BCUT2D eigenvalue weighted by molar-refractivity contribution is -0.122. The smallest absolute Gasteiger partial charge is 0.224 e. The minimum Gasteiger partial charge on any atom is -0.388 e. The molecule has 1 fully saturated rings. The summed E-state index contributed by atoms with van der Waals surface area (Å²) in [4.78, 5) is 19.4. The molecule has 0 bridgehead atoms. The van der Waals surface area contributed by atoms with E-state index in [1.54, 1.807) is 6.20 Å². The zero-order valence-electron chi connectivity index (χ0n) is 12.1. The van der Waals surface area contributed by atoms with E-state index in [1.165, 1.54) is 6.42 Å². The van der Waals surface area contributed by atoms with Crippen molar-refractivity contribution >= 4 is 16.9 Å². The van der Waals surface area contributed by atoms with Crippen LogP contribution in [0, 0.1) is 0 Å². The second-order valence-electron chi connectivity index (χ2n) is 5.95. The molecule has 112 valence electrons. The number of rotatable bonds is 4. The minimum absolute atomic E-state index is 0.0567. The van der Waals surface area contributed by atoms with Gasteiger partial charge >= 0.3 is 0 Å². The molecule has 1 saturated carbocycles. The van der Waals surface area contributed by atoms with Gasteiger partial charge in [0.1, 0.15) is 5.65 Å². The number of aromatic nitrogens is 2. The highest BCUT2D eigenvalue weighted by atomic mass is 16.3. The molecule has 2 aromatic rings. The van der Waals surface area contributed by atoms with E-state index < -0.39 is 5.60 Å². The van der Waals surface area contributed by atoms with Crippen LogP contribution < -0.4 is 5.32 Å². The molecule has 5 heteroatoms. The number of pyridine rings is 1. The van der Waals surface area contributed by atoms with Gasteiger partial charge in [-0.3, -0.25) is 4.79 Å². The first-order chi connectivity index (χ1) is 10.2.